The van der Waals surface area contributed by atoms with Crippen molar-refractivity contribution in [2.75, 3.05) is 0 Å². The molecule has 0 aliphatic carbocycles. The quantitative estimate of drug-likeness (QED) is 0.752. The van der Waals surface area contributed by atoms with Crippen LogP contribution in [0.3, 0.4) is 0 Å². The highest BCUT2D eigenvalue weighted by Gasteiger charge is 1.99. The molecule has 0 N–H and O–H groups in total. The van der Waals surface area contributed by atoms with Gasteiger partial charge < -0.3 is 0 Å². The fraction of sp³-hybridized carbons (Fsp3) is 0.100. The largest absolute Gasteiger partial charge is 0.317 e. The lowest BCUT2D eigenvalue weighted by Gasteiger charge is -1.92. The first-order chi connectivity index (χ1) is 7.86. The van der Waals surface area contributed by atoms with E-state index in [1.54, 1.807) is 11.3 Å². The average Bonchev–Trinajstić information content (AvgIpc) is 2.64. The second-order valence-electron chi connectivity index (χ2n) is 3.00. The molecule has 0 saturated carbocycles. The molecule has 2 aromatic rings. The van der Waals surface area contributed by atoms with E-state index in [1.165, 1.54) is 5.56 Å². The molecule has 0 radical (unpaired) electrons. The number of hydrogen-bond donors (Lipinski definition) is 0. The zero-order valence-corrected chi connectivity index (χ0v) is 11.9. The highest BCUT2D eigenvalue weighted by Crippen LogP contribution is 2.20. The van der Waals surface area contributed by atoms with Gasteiger partial charge in [-0.15, -0.1) is 11.3 Å². The summed E-state index contributed by atoms with van der Waals surface area (Å²) in [5.74, 6) is 0. The zero-order valence-electron chi connectivity index (χ0n) is 8.80. The maximum atomic E-state index is 9.16. The van der Waals surface area contributed by atoms with Crippen molar-refractivity contribution in [3.8, 4) is 11.3 Å². The number of aryl methyl sites for hydroxylation is 1. The molecule has 0 atom stereocenters. The SMILES string of the molecule is Cc1nc(-c2ccccc2)cs1.O=S(=O)(Cl)Cl. The Hall–Kier alpha value is -0.620. The van der Waals surface area contributed by atoms with Crippen molar-refractivity contribution in [3.05, 3.63) is 40.7 Å². The smallest absolute Gasteiger partial charge is 0.242 e. The molecule has 0 aliphatic heterocycles. The topological polar surface area (TPSA) is 47.0 Å². The van der Waals surface area contributed by atoms with Crippen molar-refractivity contribution in [1.82, 2.24) is 4.98 Å². The summed E-state index contributed by atoms with van der Waals surface area (Å²) < 4.78 is 18.3. The van der Waals surface area contributed by atoms with Gasteiger partial charge in [-0.2, -0.15) is 8.42 Å². The summed E-state index contributed by atoms with van der Waals surface area (Å²) >= 11 is 1.69. The van der Waals surface area contributed by atoms with Gasteiger partial charge in [0.2, 0.25) is 0 Å². The predicted octanol–water partition coefficient (Wildman–Crippen LogP) is 3.83. The Labute approximate surface area is 113 Å². The Morgan fingerprint density at radius 1 is 1.18 bits per heavy atom. The van der Waals surface area contributed by atoms with Crippen LogP contribution >= 0.6 is 32.7 Å². The highest BCUT2D eigenvalue weighted by atomic mass is 36.0. The van der Waals surface area contributed by atoms with Crippen LogP contribution in [0, 0.1) is 6.92 Å². The van der Waals surface area contributed by atoms with E-state index < -0.39 is 8.26 Å². The Morgan fingerprint density at radius 3 is 2.12 bits per heavy atom. The molecule has 2 rings (SSSR count). The van der Waals surface area contributed by atoms with E-state index in [9.17, 15) is 0 Å². The molecular formula is C10H9Cl2NO2S2. The fourth-order valence-electron chi connectivity index (χ4n) is 1.10. The van der Waals surface area contributed by atoms with Crippen molar-refractivity contribution < 1.29 is 8.42 Å². The maximum Gasteiger partial charge on any atom is 0.317 e. The van der Waals surface area contributed by atoms with Crippen molar-refractivity contribution in [2.45, 2.75) is 6.92 Å². The number of benzene rings is 1. The van der Waals surface area contributed by atoms with Gasteiger partial charge in [0.1, 0.15) is 0 Å². The van der Waals surface area contributed by atoms with Crippen LogP contribution in [0.1, 0.15) is 5.01 Å². The van der Waals surface area contributed by atoms with E-state index in [-0.39, 0.29) is 0 Å². The molecule has 1 aromatic carbocycles. The van der Waals surface area contributed by atoms with Crippen molar-refractivity contribution in [3.63, 3.8) is 0 Å². The third-order valence-electron chi connectivity index (χ3n) is 1.69. The van der Waals surface area contributed by atoms with Crippen LogP contribution in [0.4, 0.5) is 0 Å². The van der Waals surface area contributed by atoms with Gasteiger partial charge in [0.25, 0.3) is 0 Å². The highest BCUT2D eigenvalue weighted by molar-refractivity contribution is 8.31. The molecule has 0 amide bonds. The predicted molar refractivity (Wildman–Crippen MR) is 72.9 cm³/mol. The van der Waals surface area contributed by atoms with Gasteiger partial charge in [-0.1, -0.05) is 30.3 Å². The average molecular weight is 310 g/mol. The summed E-state index contributed by atoms with van der Waals surface area (Å²) in [5.41, 5.74) is 2.28. The first kappa shape index (κ1) is 14.4. The Kier molecular flexibility index (Phi) is 5.39. The third-order valence-corrected chi connectivity index (χ3v) is 2.46. The van der Waals surface area contributed by atoms with E-state index in [2.05, 4.69) is 43.9 Å². The number of aromatic nitrogens is 1. The maximum absolute atomic E-state index is 9.16. The normalized spacial score (nSPS) is 10.5. The van der Waals surface area contributed by atoms with Crippen molar-refractivity contribution in [1.29, 1.82) is 0 Å². The lowest BCUT2D eigenvalue weighted by molar-refractivity contribution is 0.621. The summed E-state index contributed by atoms with van der Waals surface area (Å²) in [7, 11) is 4.81. The van der Waals surface area contributed by atoms with Gasteiger partial charge in [0.15, 0.2) is 0 Å². The molecule has 1 heterocycles. The summed E-state index contributed by atoms with van der Waals surface area (Å²) in [5, 5.41) is 3.21. The van der Waals surface area contributed by atoms with Crippen LogP contribution in [-0.4, -0.2) is 13.4 Å². The minimum absolute atomic E-state index is 1.08. The monoisotopic (exact) mass is 309 g/mol. The second-order valence-corrected chi connectivity index (χ2v) is 7.73. The lowest BCUT2D eigenvalue weighted by Crippen LogP contribution is -1.75. The Bertz CT molecular complexity index is 559. The lowest BCUT2D eigenvalue weighted by atomic mass is 10.2. The van der Waals surface area contributed by atoms with E-state index >= 15 is 0 Å². The van der Waals surface area contributed by atoms with Gasteiger partial charge in [-0.05, 0) is 6.92 Å². The van der Waals surface area contributed by atoms with Gasteiger partial charge >= 0.3 is 8.26 Å². The number of halogens is 2. The second kappa shape index (κ2) is 6.35. The van der Waals surface area contributed by atoms with Crippen LogP contribution in [-0.2, 0) is 8.26 Å². The molecular weight excluding hydrogens is 301 g/mol. The number of thiazole rings is 1. The molecule has 1 aromatic heterocycles. The zero-order chi connectivity index (χ0) is 12.9. The Morgan fingerprint density at radius 2 is 1.71 bits per heavy atom. The molecule has 0 fully saturated rings. The molecule has 0 unspecified atom stereocenters. The molecule has 3 nitrogen and oxygen atoms in total. The summed E-state index contributed by atoms with van der Waals surface area (Å²) in [6.45, 7) is 2.02. The summed E-state index contributed by atoms with van der Waals surface area (Å²) in [6, 6.07) is 10.2. The molecule has 0 spiro atoms. The van der Waals surface area contributed by atoms with Crippen molar-refractivity contribution >= 4 is 41.0 Å². The van der Waals surface area contributed by atoms with Crippen LogP contribution in [0.5, 0.6) is 0 Å². The van der Waals surface area contributed by atoms with Gasteiger partial charge in [-0.25, -0.2) is 4.98 Å². The molecule has 92 valence electrons. The third kappa shape index (κ3) is 6.63. The molecule has 17 heavy (non-hydrogen) atoms. The van der Waals surface area contributed by atoms with E-state index in [0.29, 0.717) is 0 Å². The van der Waals surface area contributed by atoms with E-state index in [1.807, 2.05) is 25.1 Å². The minimum Gasteiger partial charge on any atom is -0.242 e. The number of rotatable bonds is 1. The summed E-state index contributed by atoms with van der Waals surface area (Å²) in [4.78, 5) is 4.40. The van der Waals surface area contributed by atoms with E-state index in [0.717, 1.165) is 10.7 Å². The van der Waals surface area contributed by atoms with Crippen LogP contribution in [0.25, 0.3) is 11.3 Å². The molecule has 0 bridgehead atoms. The number of nitrogens with zero attached hydrogens (tertiary/aromatic N) is 1. The standard InChI is InChI=1S/C10H9NS.Cl2O2S/c1-8-11-10(7-12-8)9-5-3-2-4-6-9;1-5(2,3)4/h2-7H,1H3;. The summed E-state index contributed by atoms with van der Waals surface area (Å²) in [6.07, 6.45) is 0. The first-order valence-corrected chi connectivity index (χ1v) is 8.49. The molecule has 0 aliphatic rings. The van der Waals surface area contributed by atoms with Crippen LogP contribution in [0.15, 0.2) is 35.7 Å². The molecule has 7 heteroatoms. The van der Waals surface area contributed by atoms with Crippen LogP contribution in [0.2, 0.25) is 0 Å². The van der Waals surface area contributed by atoms with E-state index in [4.69, 9.17) is 8.42 Å². The molecule has 0 saturated heterocycles. The van der Waals surface area contributed by atoms with Gasteiger partial charge in [-0.3, -0.25) is 0 Å². The number of hydrogen-bond acceptors (Lipinski definition) is 4. The van der Waals surface area contributed by atoms with Gasteiger partial charge in [0, 0.05) is 32.3 Å². The fourth-order valence-corrected chi connectivity index (χ4v) is 1.73. The minimum atomic E-state index is -3.72. The van der Waals surface area contributed by atoms with Crippen LogP contribution < -0.4 is 0 Å². The van der Waals surface area contributed by atoms with Crippen molar-refractivity contribution in [2.24, 2.45) is 0 Å². The first-order valence-electron chi connectivity index (χ1n) is 4.48. The Balaban J connectivity index is 0.000000249. The van der Waals surface area contributed by atoms with Gasteiger partial charge in [0.05, 0.1) is 10.7 Å².